The van der Waals surface area contributed by atoms with Gasteiger partial charge in [0, 0.05) is 38.6 Å². The molecule has 0 radical (unpaired) electrons. The van der Waals surface area contributed by atoms with E-state index < -0.39 is 0 Å². The van der Waals surface area contributed by atoms with Gasteiger partial charge in [0.2, 0.25) is 5.91 Å². The topological polar surface area (TPSA) is 58.4 Å². The SMILES string of the molecule is Cn1nccc1CC(=O)N1CCC(C)(CO)CC1. The average molecular weight is 251 g/mol. The first-order valence-corrected chi connectivity index (χ1v) is 6.40. The van der Waals surface area contributed by atoms with E-state index in [-0.39, 0.29) is 17.9 Å². The Morgan fingerprint density at radius 2 is 2.17 bits per heavy atom. The van der Waals surface area contributed by atoms with Crippen LogP contribution in [0.25, 0.3) is 0 Å². The van der Waals surface area contributed by atoms with Crippen molar-refractivity contribution >= 4 is 5.91 Å². The molecule has 2 heterocycles. The van der Waals surface area contributed by atoms with Crippen LogP contribution in [0.1, 0.15) is 25.5 Å². The summed E-state index contributed by atoms with van der Waals surface area (Å²) in [5.74, 6) is 0.151. The van der Waals surface area contributed by atoms with Crippen LogP contribution in [0.15, 0.2) is 12.3 Å². The lowest BCUT2D eigenvalue weighted by Gasteiger charge is -2.38. The molecule has 1 aliphatic rings. The van der Waals surface area contributed by atoms with E-state index in [9.17, 15) is 9.90 Å². The molecule has 1 N–H and O–H groups in total. The van der Waals surface area contributed by atoms with Crippen LogP contribution in [0.2, 0.25) is 0 Å². The monoisotopic (exact) mass is 251 g/mol. The van der Waals surface area contributed by atoms with Crippen LogP contribution in [0.5, 0.6) is 0 Å². The Morgan fingerprint density at radius 1 is 1.50 bits per heavy atom. The Kier molecular flexibility index (Phi) is 3.71. The fraction of sp³-hybridized carbons (Fsp3) is 0.692. The van der Waals surface area contributed by atoms with Crippen LogP contribution < -0.4 is 0 Å². The van der Waals surface area contributed by atoms with Gasteiger partial charge in [0.25, 0.3) is 0 Å². The Balaban J connectivity index is 1.90. The van der Waals surface area contributed by atoms with Crippen molar-refractivity contribution in [1.82, 2.24) is 14.7 Å². The molecule has 0 aromatic carbocycles. The quantitative estimate of drug-likeness (QED) is 0.855. The van der Waals surface area contributed by atoms with Crippen molar-refractivity contribution in [2.45, 2.75) is 26.2 Å². The number of aliphatic hydroxyl groups excluding tert-OH is 1. The molecule has 0 aliphatic carbocycles. The average Bonchev–Trinajstić information content (AvgIpc) is 2.76. The highest BCUT2D eigenvalue weighted by molar-refractivity contribution is 5.78. The van der Waals surface area contributed by atoms with E-state index in [0.29, 0.717) is 6.42 Å². The van der Waals surface area contributed by atoms with E-state index in [0.717, 1.165) is 31.6 Å². The summed E-state index contributed by atoms with van der Waals surface area (Å²) in [7, 11) is 1.85. The third-order valence-corrected chi connectivity index (χ3v) is 3.96. The van der Waals surface area contributed by atoms with Gasteiger partial charge in [-0.1, -0.05) is 6.92 Å². The number of aliphatic hydroxyl groups is 1. The third kappa shape index (κ3) is 2.72. The number of aryl methyl sites for hydroxylation is 1. The summed E-state index contributed by atoms with van der Waals surface area (Å²) in [4.78, 5) is 14.0. The van der Waals surface area contributed by atoms with Crippen LogP contribution in [0.3, 0.4) is 0 Å². The van der Waals surface area contributed by atoms with E-state index in [4.69, 9.17) is 0 Å². The molecule has 1 amide bonds. The van der Waals surface area contributed by atoms with Crippen molar-refractivity contribution in [1.29, 1.82) is 0 Å². The number of likely N-dealkylation sites (tertiary alicyclic amines) is 1. The minimum absolute atomic E-state index is 0.0106. The van der Waals surface area contributed by atoms with Gasteiger partial charge in [-0.15, -0.1) is 0 Å². The van der Waals surface area contributed by atoms with Crippen molar-refractivity contribution in [2.75, 3.05) is 19.7 Å². The van der Waals surface area contributed by atoms with Crippen molar-refractivity contribution in [3.63, 3.8) is 0 Å². The van der Waals surface area contributed by atoms with E-state index in [1.54, 1.807) is 10.9 Å². The number of hydrogen-bond acceptors (Lipinski definition) is 3. The van der Waals surface area contributed by atoms with Gasteiger partial charge < -0.3 is 10.0 Å². The van der Waals surface area contributed by atoms with E-state index in [1.807, 2.05) is 18.0 Å². The van der Waals surface area contributed by atoms with E-state index >= 15 is 0 Å². The van der Waals surface area contributed by atoms with Crippen LogP contribution in [-0.2, 0) is 18.3 Å². The zero-order valence-electron chi connectivity index (χ0n) is 11.1. The summed E-state index contributed by atoms with van der Waals surface area (Å²) in [5.41, 5.74) is 0.930. The molecule has 0 unspecified atom stereocenters. The fourth-order valence-corrected chi connectivity index (χ4v) is 2.30. The Labute approximate surface area is 107 Å². The van der Waals surface area contributed by atoms with Crippen molar-refractivity contribution in [3.8, 4) is 0 Å². The van der Waals surface area contributed by atoms with Crippen LogP contribution in [-0.4, -0.2) is 45.4 Å². The number of aromatic nitrogens is 2. The Hall–Kier alpha value is -1.36. The third-order valence-electron chi connectivity index (χ3n) is 3.96. The van der Waals surface area contributed by atoms with Crippen molar-refractivity contribution < 1.29 is 9.90 Å². The number of nitrogens with zero attached hydrogens (tertiary/aromatic N) is 3. The number of amides is 1. The molecular formula is C13H21N3O2. The summed E-state index contributed by atoms with van der Waals surface area (Å²) in [5, 5.41) is 13.4. The first-order valence-electron chi connectivity index (χ1n) is 6.40. The first kappa shape index (κ1) is 13.1. The number of hydrogen-bond donors (Lipinski definition) is 1. The minimum atomic E-state index is -0.0106. The summed E-state index contributed by atoms with van der Waals surface area (Å²) in [6.45, 7) is 3.77. The van der Waals surface area contributed by atoms with Crippen molar-refractivity contribution in [3.05, 3.63) is 18.0 Å². The summed E-state index contributed by atoms with van der Waals surface area (Å²) in [6, 6.07) is 1.87. The molecule has 1 fully saturated rings. The fourth-order valence-electron chi connectivity index (χ4n) is 2.30. The van der Waals surface area contributed by atoms with Crippen molar-refractivity contribution in [2.24, 2.45) is 12.5 Å². The highest BCUT2D eigenvalue weighted by Crippen LogP contribution is 2.30. The molecule has 1 aliphatic heterocycles. The second kappa shape index (κ2) is 5.10. The van der Waals surface area contributed by atoms with E-state index in [1.165, 1.54) is 0 Å². The lowest BCUT2D eigenvalue weighted by molar-refractivity contribution is -0.133. The Bertz CT molecular complexity index is 420. The predicted octanol–water partition coefficient (Wildman–Crippen LogP) is 0.584. The second-order valence-electron chi connectivity index (χ2n) is 5.47. The summed E-state index contributed by atoms with van der Waals surface area (Å²) < 4.78 is 1.74. The molecule has 1 aromatic rings. The van der Waals surface area contributed by atoms with Crippen LogP contribution in [0, 0.1) is 5.41 Å². The van der Waals surface area contributed by atoms with Gasteiger partial charge in [0.1, 0.15) is 0 Å². The van der Waals surface area contributed by atoms with Gasteiger partial charge in [-0.05, 0) is 24.3 Å². The van der Waals surface area contributed by atoms with Gasteiger partial charge in [-0.2, -0.15) is 5.10 Å². The van der Waals surface area contributed by atoms with E-state index in [2.05, 4.69) is 12.0 Å². The molecule has 5 heteroatoms. The van der Waals surface area contributed by atoms with Gasteiger partial charge in [0.15, 0.2) is 0 Å². The minimum Gasteiger partial charge on any atom is -0.396 e. The van der Waals surface area contributed by atoms with Gasteiger partial charge in [-0.25, -0.2) is 0 Å². The molecule has 0 spiro atoms. The standard InChI is InChI=1S/C13H21N3O2/c1-13(10-17)4-7-16(8-5-13)12(18)9-11-3-6-14-15(11)2/h3,6,17H,4-5,7-10H2,1-2H3. The van der Waals surface area contributed by atoms with Gasteiger partial charge >= 0.3 is 0 Å². The smallest absolute Gasteiger partial charge is 0.228 e. The summed E-state index contributed by atoms with van der Waals surface area (Å²) >= 11 is 0. The maximum absolute atomic E-state index is 12.1. The molecule has 18 heavy (non-hydrogen) atoms. The predicted molar refractivity (Wildman–Crippen MR) is 67.9 cm³/mol. The summed E-state index contributed by atoms with van der Waals surface area (Å²) in [6.07, 6.45) is 3.87. The molecule has 0 atom stereocenters. The lowest BCUT2D eigenvalue weighted by Crippen LogP contribution is -2.44. The highest BCUT2D eigenvalue weighted by atomic mass is 16.3. The number of carbonyl (C=O) groups is 1. The maximum atomic E-state index is 12.1. The molecule has 0 bridgehead atoms. The normalized spacial score (nSPS) is 18.9. The zero-order valence-corrected chi connectivity index (χ0v) is 11.1. The number of piperidine rings is 1. The molecule has 1 saturated heterocycles. The number of carbonyl (C=O) groups excluding carboxylic acids is 1. The van der Waals surface area contributed by atoms with Crippen LogP contribution in [0.4, 0.5) is 0 Å². The molecule has 0 saturated carbocycles. The van der Waals surface area contributed by atoms with Crippen LogP contribution >= 0.6 is 0 Å². The molecule has 5 nitrogen and oxygen atoms in total. The lowest BCUT2D eigenvalue weighted by atomic mass is 9.81. The highest BCUT2D eigenvalue weighted by Gasteiger charge is 2.31. The van der Waals surface area contributed by atoms with Gasteiger partial charge in [0.05, 0.1) is 6.42 Å². The maximum Gasteiger partial charge on any atom is 0.228 e. The molecule has 2 rings (SSSR count). The largest absolute Gasteiger partial charge is 0.396 e. The Morgan fingerprint density at radius 3 is 2.67 bits per heavy atom. The molecular weight excluding hydrogens is 230 g/mol. The molecule has 100 valence electrons. The second-order valence-corrected chi connectivity index (χ2v) is 5.47. The van der Waals surface area contributed by atoms with Gasteiger partial charge in [-0.3, -0.25) is 9.48 Å². The molecule has 1 aromatic heterocycles. The first-order chi connectivity index (χ1) is 8.54. The number of rotatable bonds is 3. The zero-order chi connectivity index (χ0) is 13.2.